The van der Waals surface area contributed by atoms with E-state index in [9.17, 15) is 9.59 Å². The Morgan fingerprint density at radius 2 is 1.90 bits per heavy atom. The molecule has 1 atom stereocenters. The fraction of sp³-hybridized carbons (Fsp3) is 0.391. The monoisotopic (exact) mass is 466 g/mol. The topological polar surface area (TPSA) is 49.4 Å². The van der Waals surface area contributed by atoms with Crippen molar-refractivity contribution in [1.82, 2.24) is 10.2 Å². The second-order valence-corrected chi connectivity index (χ2v) is 8.89. The van der Waals surface area contributed by atoms with Gasteiger partial charge in [-0.05, 0) is 42.7 Å². The minimum Gasteiger partial charge on any atom is -0.354 e. The summed E-state index contributed by atoms with van der Waals surface area (Å²) in [5, 5.41) is 4.22. The van der Waals surface area contributed by atoms with E-state index >= 15 is 0 Å². The van der Waals surface area contributed by atoms with Gasteiger partial charge in [-0.25, -0.2) is 0 Å². The van der Waals surface area contributed by atoms with Crippen molar-refractivity contribution in [2.75, 3.05) is 12.3 Å². The predicted molar refractivity (Wildman–Crippen MR) is 127 cm³/mol. The summed E-state index contributed by atoms with van der Waals surface area (Å²) in [5.74, 6) is 0.659. The van der Waals surface area contributed by atoms with Crippen LogP contribution in [0, 0.1) is 0 Å². The molecule has 30 heavy (non-hydrogen) atoms. The van der Waals surface area contributed by atoms with Gasteiger partial charge in [0.15, 0.2) is 0 Å². The molecule has 0 aromatic heterocycles. The third-order valence-electron chi connectivity index (χ3n) is 4.68. The fourth-order valence-corrected chi connectivity index (χ4v) is 4.31. The molecule has 0 saturated heterocycles. The van der Waals surface area contributed by atoms with Gasteiger partial charge in [0.2, 0.25) is 11.8 Å². The summed E-state index contributed by atoms with van der Waals surface area (Å²) >= 11 is 13.8. The van der Waals surface area contributed by atoms with Crippen molar-refractivity contribution in [3.63, 3.8) is 0 Å². The van der Waals surface area contributed by atoms with E-state index in [4.69, 9.17) is 23.2 Å². The number of hydrogen-bond acceptors (Lipinski definition) is 3. The Morgan fingerprint density at radius 1 is 1.13 bits per heavy atom. The van der Waals surface area contributed by atoms with Crippen LogP contribution in [0.4, 0.5) is 0 Å². The van der Waals surface area contributed by atoms with Crippen molar-refractivity contribution in [1.29, 1.82) is 0 Å². The molecule has 0 bridgehead atoms. The molecule has 4 nitrogen and oxygen atoms in total. The van der Waals surface area contributed by atoms with Crippen LogP contribution in [0.1, 0.15) is 37.8 Å². The maximum atomic E-state index is 13.0. The maximum Gasteiger partial charge on any atom is 0.242 e. The molecule has 2 aromatic rings. The van der Waals surface area contributed by atoms with Crippen LogP contribution in [0.25, 0.3) is 0 Å². The molecule has 2 aromatic carbocycles. The average molecular weight is 467 g/mol. The van der Waals surface area contributed by atoms with E-state index in [-0.39, 0.29) is 17.6 Å². The van der Waals surface area contributed by atoms with Gasteiger partial charge in [-0.3, -0.25) is 9.59 Å². The highest BCUT2D eigenvalue weighted by Gasteiger charge is 2.26. The molecule has 0 aliphatic carbocycles. The van der Waals surface area contributed by atoms with Crippen molar-refractivity contribution >= 4 is 46.8 Å². The van der Waals surface area contributed by atoms with Gasteiger partial charge in [0, 0.05) is 28.9 Å². The molecule has 0 radical (unpaired) electrons. The predicted octanol–water partition coefficient (Wildman–Crippen LogP) is 5.56. The molecule has 1 N–H and O–H groups in total. The number of rotatable bonds is 11. The summed E-state index contributed by atoms with van der Waals surface area (Å²) in [5.41, 5.74) is 1.88. The number of thioether (sulfide) groups is 1. The first-order valence-electron chi connectivity index (χ1n) is 10.0. The minimum atomic E-state index is -0.575. The second-order valence-electron chi connectivity index (χ2n) is 7.06. The second kappa shape index (κ2) is 12.9. The Hall–Kier alpha value is -1.69. The lowest BCUT2D eigenvalue weighted by molar-refractivity contribution is -0.138. The van der Waals surface area contributed by atoms with Crippen LogP contribution >= 0.6 is 35.0 Å². The molecular weight excluding hydrogens is 439 g/mol. The summed E-state index contributed by atoms with van der Waals surface area (Å²) < 4.78 is 0. The van der Waals surface area contributed by atoms with E-state index in [0.717, 1.165) is 24.0 Å². The summed E-state index contributed by atoms with van der Waals surface area (Å²) in [6, 6.07) is 14.4. The minimum absolute atomic E-state index is 0.0924. The molecule has 2 rings (SSSR count). The molecule has 0 saturated carbocycles. The van der Waals surface area contributed by atoms with Crippen LogP contribution in [0.5, 0.6) is 0 Å². The van der Waals surface area contributed by atoms with E-state index in [1.165, 1.54) is 11.8 Å². The first-order chi connectivity index (χ1) is 14.4. The Bertz CT molecular complexity index is 847. The Labute approximate surface area is 193 Å². The van der Waals surface area contributed by atoms with Crippen molar-refractivity contribution in [3.8, 4) is 0 Å². The van der Waals surface area contributed by atoms with E-state index < -0.39 is 6.04 Å². The lowest BCUT2D eigenvalue weighted by Crippen LogP contribution is -2.48. The molecule has 0 aliphatic heterocycles. The third-order valence-corrected chi connectivity index (χ3v) is 6.25. The lowest BCUT2D eigenvalue weighted by atomic mass is 10.1. The highest BCUT2D eigenvalue weighted by atomic mass is 35.5. The largest absolute Gasteiger partial charge is 0.354 e. The molecule has 0 fully saturated rings. The molecule has 162 valence electrons. The van der Waals surface area contributed by atoms with Crippen LogP contribution in [0.15, 0.2) is 48.5 Å². The van der Waals surface area contributed by atoms with Gasteiger partial charge in [-0.1, -0.05) is 66.9 Å². The van der Waals surface area contributed by atoms with Gasteiger partial charge in [-0.2, -0.15) is 0 Å². The standard InChI is InChI=1S/C23H28Cl2N2O2S/c1-3-4-12-26-23(29)17(2)27(14-18-8-7-10-20(24)13-18)22(28)16-30-15-19-9-5-6-11-21(19)25/h5-11,13,17H,3-4,12,14-16H2,1-2H3,(H,26,29)/t17-/m1/s1. The fourth-order valence-electron chi connectivity index (χ4n) is 2.90. The van der Waals surface area contributed by atoms with Gasteiger partial charge < -0.3 is 10.2 Å². The molecule has 2 amide bonds. The SMILES string of the molecule is CCCCNC(=O)[C@@H](C)N(Cc1cccc(Cl)c1)C(=O)CSCc1ccccc1Cl. The third kappa shape index (κ3) is 7.86. The van der Waals surface area contributed by atoms with Gasteiger partial charge in [0.05, 0.1) is 5.75 Å². The first kappa shape index (κ1) is 24.6. The first-order valence-corrected chi connectivity index (χ1v) is 12.0. The van der Waals surface area contributed by atoms with Crippen LogP contribution < -0.4 is 5.32 Å². The summed E-state index contributed by atoms with van der Waals surface area (Å²) in [6.07, 6.45) is 1.91. The zero-order valence-electron chi connectivity index (χ0n) is 17.4. The van der Waals surface area contributed by atoms with Crippen molar-refractivity contribution < 1.29 is 9.59 Å². The van der Waals surface area contributed by atoms with Crippen molar-refractivity contribution in [2.45, 2.75) is 45.0 Å². The molecule has 0 aliphatic rings. The number of amides is 2. The van der Waals surface area contributed by atoms with Crippen LogP contribution in [-0.4, -0.2) is 35.1 Å². The van der Waals surface area contributed by atoms with E-state index in [1.54, 1.807) is 17.9 Å². The zero-order valence-corrected chi connectivity index (χ0v) is 19.7. The van der Waals surface area contributed by atoms with Gasteiger partial charge in [-0.15, -0.1) is 11.8 Å². The number of unbranched alkanes of at least 4 members (excludes halogenated alkanes) is 1. The number of benzene rings is 2. The number of carbonyl (C=O) groups is 2. The summed E-state index contributed by atoms with van der Waals surface area (Å²) in [4.78, 5) is 27.3. The normalized spacial score (nSPS) is 11.7. The average Bonchev–Trinajstić information content (AvgIpc) is 2.73. The number of nitrogens with zero attached hydrogens (tertiary/aromatic N) is 1. The molecule has 0 unspecified atom stereocenters. The Balaban J connectivity index is 2.05. The van der Waals surface area contributed by atoms with E-state index in [2.05, 4.69) is 12.2 Å². The van der Waals surface area contributed by atoms with E-state index in [0.29, 0.717) is 28.9 Å². The maximum absolute atomic E-state index is 13.0. The summed E-state index contributed by atoms with van der Waals surface area (Å²) in [6.45, 7) is 4.78. The van der Waals surface area contributed by atoms with Gasteiger partial charge in [0.1, 0.15) is 6.04 Å². The number of carbonyl (C=O) groups excluding carboxylic acids is 2. The van der Waals surface area contributed by atoms with Crippen LogP contribution in [0.3, 0.4) is 0 Å². The van der Waals surface area contributed by atoms with Crippen LogP contribution in [0.2, 0.25) is 10.0 Å². The van der Waals surface area contributed by atoms with Gasteiger partial charge >= 0.3 is 0 Å². The molecule has 0 heterocycles. The zero-order chi connectivity index (χ0) is 21.9. The Kier molecular flexibility index (Phi) is 10.6. The molecular formula is C23H28Cl2N2O2S. The number of nitrogens with one attached hydrogen (secondary N) is 1. The summed E-state index contributed by atoms with van der Waals surface area (Å²) in [7, 11) is 0. The lowest BCUT2D eigenvalue weighted by Gasteiger charge is -2.29. The molecule has 0 spiro atoms. The Morgan fingerprint density at radius 3 is 2.60 bits per heavy atom. The molecule has 7 heteroatoms. The highest BCUT2D eigenvalue weighted by molar-refractivity contribution is 7.99. The highest BCUT2D eigenvalue weighted by Crippen LogP contribution is 2.22. The van der Waals surface area contributed by atoms with Crippen LogP contribution in [-0.2, 0) is 21.9 Å². The van der Waals surface area contributed by atoms with Crippen molar-refractivity contribution in [2.24, 2.45) is 0 Å². The number of hydrogen-bond donors (Lipinski definition) is 1. The van der Waals surface area contributed by atoms with E-state index in [1.807, 2.05) is 42.5 Å². The quantitative estimate of drug-likeness (QED) is 0.440. The van der Waals surface area contributed by atoms with Crippen molar-refractivity contribution in [3.05, 3.63) is 69.7 Å². The number of halogens is 2. The van der Waals surface area contributed by atoms with Gasteiger partial charge in [0.25, 0.3) is 0 Å². The smallest absolute Gasteiger partial charge is 0.242 e.